The fourth-order valence-corrected chi connectivity index (χ4v) is 4.27. The molecule has 12 heteroatoms. The Kier molecular flexibility index (Phi) is 6.78. The summed E-state index contributed by atoms with van der Waals surface area (Å²) in [6.45, 7) is 5.08. The van der Waals surface area contributed by atoms with Crippen molar-refractivity contribution in [3.05, 3.63) is 34.8 Å². The van der Waals surface area contributed by atoms with Gasteiger partial charge in [0.1, 0.15) is 11.0 Å². The van der Waals surface area contributed by atoms with Crippen LogP contribution in [0.2, 0.25) is 0 Å². The number of amides is 1. The Bertz CT molecular complexity index is 943. The van der Waals surface area contributed by atoms with E-state index in [1.807, 2.05) is 6.92 Å². The van der Waals surface area contributed by atoms with E-state index in [1.54, 1.807) is 13.8 Å². The van der Waals surface area contributed by atoms with Crippen molar-refractivity contribution in [1.82, 2.24) is 14.9 Å². The smallest absolute Gasteiger partial charge is 0.299 e. The number of sulfonamides is 1. The van der Waals surface area contributed by atoms with Gasteiger partial charge in [0.05, 0.1) is 10.5 Å². The maximum Gasteiger partial charge on any atom is 0.416 e. The third kappa shape index (κ3) is 5.49. The molecule has 1 amide bonds. The van der Waals surface area contributed by atoms with Crippen molar-refractivity contribution in [2.75, 3.05) is 5.32 Å². The lowest BCUT2D eigenvalue weighted by Crippen LogP contribution is -2.47. The molecule has 0 unspecified atom stereocenters. The van der Waals surface area contributed by atoms with Gasteiger partial charge in [-0.05, 0) is 30.5 Å². The zero-order chi connectivity index (χ0) is 21.1. The van der Waals surface area contributed by atoms with E-state index < -0.39 is 44.5 Å². The molecule has 28 heavy (non-hydrogen) atoms. The monoisotopic (exact) mass is 436 g/mol. The normalized spacial score (nSPS) is 13.5. The van der Waals surface area contributed by atoms with E-state index in [4.69, 9.17) is 0 Å². The molecule has 0 aliphatic carbocycles. The highest BCUT2D eigenvalue weighted by Crippen LogP contribution is 2.30. The van der Waals surface area contributed by atoms with Crippen LogP contribution in [-0.2, 0) is 27.4 Å². The molecule has 0 saturated carbocycles. The van der Waals surface area contributed by atoms with Crippen molar-refractivity contribution >= 4 is 32.4 Å². The molecule has 1 heterocycles. The second-order valence-corrected chi connectivity index (χ2v) is 8.99. The van der Waals surface area contributed by atoms with Gasteiger partial charge in [0, 0.05) is 0 Å². The number of hydrogen-bond acceptors (Lipinski definition) is 6. The molecule has 0 aliphatic rings. The fraction of sp³-hybridized carbons (Fsp3) is 0.438. The average Bonchev–Trinajstić information content (AvgIpc) is 3.06. The maximum absolute atomic E-state index is 12.9. The molecule has 1 aromatic heterocycles. The average molecular weight is 436 g/mol. The number of nitrogens with one attached hydrogen (secondary N) is 2. The topological polar surface area (TPSA) is 101 Å². The highest BCUT2D eigenvalue weighted by atomic mass is 32.2. The summed E-state index contributed by atoms with van der Waals surface area (Å²) in [4.78, 5) is 11.9. The standard InChI is InChI=1S/C16H19F3N4O3S2/c1-4-12-21-22-15(27-12)20-14(24)13(9(2)3)23-28(25,26)11-7-5-6-10(8-11)16(17,18)19/h5-9,13,23H,4H2,1-3H3,(H,20,22,24)/t13-/m0/s1. The highest BCUT2D eigenvalue weighted by molar-refractivity contribution is 7.89. The van der Waals surface area contributed by atoms with E-state index in [2.05, 4.69) is 20.2 Å². The lowest BCUT2D eigenvalue weighted by molar-refractivity contribution is -0.137. The minimum absolute atomic E-state index is 0.214. The minimum atomic E-state index is -4.69. The van der Waals surface area contributed by atoms with Gasteiger partial charge in [-0.15, -0.1) is 10.2 Å². The Morgan fingerprint density at radius 3 is 2.46 bits per heavy atom. The molecule has 2 aromatic rings. The van der Waals surface area contributed by atoms with Gasteiger partial charge in [0.15, 0.2) is 0 Å². The molecule has 7 nitrogen and oxygen atoms in total. The zero-order valence-electron chi connectivity index (χ0n) is 15.2. The van der Waals surface area contributed by atoms with Crippen molar-refractivity contribution in [2.45, 2.75) is 44.3 Å². The second-order valence-electron chi connectivity index (χ2n) is 6.21. The lowest BCUT2D eigenvalue weighted by atomic mass is 10.1. The van der Waals surface area contributed by atoms with Crippen molar-refractivity contribution in [2.24, 2.45) is 5.92 Å². The van der Waals surface area contributed by atoms with Crippen molar-refractivity contribution in [1.29, 1.82) is 0 Å². The van der Waals surface area contributed by atoms with Crippen LogP contribution in [0.25, 0.3) is 0 Å². The summed E-state index contributed by atoms with van der Waals surface area (Å²) in [5.41, 5.74) is -1.10. The van der Waals surface area contributed by atoms with Gasteiger partial charge in [-0.25, -0.2) is 8.42 Å². The van der Waals surface area contributed by atoms with Crippen molar-refractivity contribution in [3.8, 4) is 0 Å². The van der Waals surface area contributed by atoms with Crippen molar-refractivity contribution < 1.29 is 26.4 Å². The van der Waals surface area contributed by atoms with Crippen LogP contribution < -0.4 is 10.0 Å². The molecule has 0 aliphatic heterocycles. The number of anilines is 1. The number of carbonyl (C=O) groups is 1. The third-order valence-corrected chi connectivity index (χ3v) is 6.12. The summed E-state index contributed by atoms with van der Waals surface area (Å²) in [7, 11) is -4.37. The van der Waals surface area contributed by atoms with E-state index in [0.717, 1.165) is 29.5 Å². The quantitative estimate of drug-likeness (QED) is 0.695. The second kappa shape index (κ2) is 8.53. The summed E-state index contributed by atoms with van der Waals surface area (Å²) in [6, 6.07) is 2.11. The first kappa shape index (κ1) is 22.2. The van der Waals surface area contributed by atoms with Gasteiger partial charge in [0.2, 0.25) is 21.1 Å². The van der Waals surface area contributed by atoms with Crippen LogP contribution in [-0.4, -0.2) is 30.6 Å². The van der Waals surface area contributed by atoms with Gasteiger partial charge in [-0.2, -0.15) is 17.9 Å². The first-order valence-corrected chi connectivity index (χ1v) is 10.6. The molecule has 1 atom stereocenters. The summed E-state index contributed by atoms with van der Waals surface area (Å²) < 4.78 is 65.8. The molecule has 2 rings (SSSR count). The number of nitrogens with zero attached hydrogens (tertiary/aromatic N) is 2. The number of aryl methyl sites for hydroxylation is 1. The van der Waals surface area contributed by atoms with Crippen LogP contribution in [0.3, 0.4) is 0 Å². The Hall–Kier alpha value is -2.05. The minimum Gasteiger partial charge on any atom is -0.299 e. The van der Waals surface area contributed by atoms with E-state index in [1.165, 1.54) is 0 Å². The first-order valence-electron chi connectivity index (χ1n) is 8.27. The van der Waals surface area contributed by atoms with Crippen molar-refractivity contribution in [3.63, 3.8) is 0 Å². The van der Waals surface area contributed by atoms with Crippen LogP contribution in [0.15, 0.2) is 29.2 Å². The largest absolute Gasteiger partial charge is 0.416 e. The number of hydrogen-bond donors (Lipinski definition) is 2. The predicted octanol–water partition coefficient (Wildman–Crippen LogP) is 3.06. The van der Waals surface area contributed by atoms with Gasteiger partial charge in [0.25, 0.3) is 0 Å². The summed E-state index contributed by atoms with van der Waals surface area (Å²) >= 11 is 1.15. The van der Waals surface area contributed by atoms with Gasteiger partial charge in [-0.1, -0.05) is 38.2 Å². The molecule has 0 bridgehead atoms. The fourth-order valence-electron chi connectivity index (χ4n) is 2.20. The summed E-state index contributed by atoms with van der Waals surface area (Å²) in [5, 5.41) is 11.0. The molecule has 0 saturated heterocycles. The molecule has 1 aromatic carbocycles. The summed E-state index contributed by atoms with van der Waals surface area (Å²) in [5.74, 6) is -1.15. The Morgan fingerprint density at radius 1 is 1.25 bits per heavy atom. The molecule has 0 radical (unpaired) electrons. The van der Waals surface area contributed by atoms with Gasteiger partial charge < -0.3 is 0 Å². The van der Waals surface area contributed by atoms with Crippen LogP contribution in [0.5, 0.6) is 0 Å². The lowest BCUT2D eigenvalue weighted by Gasteiger charge is -2.21. The number of halogens is 3. The number of rotatable bonds is 7. The molecule has 0 spiro atoms. The number of benzene rings is 1. The molecular weight excluding hydrogens is 417 g/mol. The van der Waals surface area contributed by atoms with E-state index in [-0.39, 0.29) is 5.13 Å². The Balaban J connectivity index is 2.24. The van der Waals surface area contributed by atoms with Crippen LogP contribution in [0, 0.1) is 5.92 Å². The number of carbonyl (C=O) groups excluding carboxylic acids is 1. The SMILES string of the molecule is CCc1nnc(NC(=O)[C@@H](NS(=O)(=O)c2cccc(C(F)(F)F)c2)C(C)C)s1. The van der Waals surface area contributed by atoms with Crippen LogP contribution in [0.1, 0.15) is 31.3 Å². The molecule has 154 valence electrons. The van der Waals surface area contributed by atoms with Crippen LogP contribution >= 0.6 is 11.3 Å². The number of alkyl halides is 3. The Labute approximate surface area is 164 Å². The first-order chi connectivity index (χ1) is 12.9. The van der Waals surface area contributed by atoms with Gasteiger partial charge >= 0.3 is 6.18 Å². The number of aromatic nitrogens is 2. The summed E-state index contributed by atoms with van der Waals surface area (Å²) in [6.07, 6.45) is -4.06. The molecule has 2 N–H and O–H groups in total. The van der Waals surface area contributed by atoms with E-state index in [9.17, 15) is 26.4 Å². The van der Waals surface area contributed by atoms with E-state index >= 15 is 0 Å². The molecular formula is C16H19F3N4O3S2. The van der Waals surface area contributed by atoms with Gasteiger partial charge in [-0.3, -0.25) is 10.1 Å². The Morgan fingerprint density at radius 2 is 1.93 bits per heavy atom. The van der Waals surface area contributed by atoms with Crippen LogP contribution in [0.4, 0.5) is 18.3 Å². The highest BCUT2D eigenvalue weighted by Gasteiger charge is 2.33. The maximum atomic E-state index is 12.9. The zero-order valence-corrected chi connectivity index (χ0v) is 16.9. The van der Waals surface area contributed by atoms with E-state index in [0.29, 0.717) is 17.5 Å². The predicted molar refractivity (Wildman–Crippen MR) is 98.3 cm³/mol. The molecule has 0 fully saturated rings. The third-order valence-electron chi connectivity index (χ3n) is 3.70.